The minimum Gasteiger partial charge on any atom is -0.502 e. The fourth-order valence-electron chi connectivity index (χ4n) is 3.36. The van der Waals surface area contributed by atoms with Crippen LogP contribution >= 0.6 is 11.3 Å². The van der Waals surface area contributed by atoms with Crippen LogP contribution in [0.5, 0.6) is 0 Å². The SMILES string of the molecule is O=C1C(O)=C(c2cccs2)C(=O)N1c1ccc(N2CCCCC2)cc1. The lowest BCUT2D eigenvalue weighted by Crippen LogP contribution is -2.32. The molecule has 0 atom stereocenters. The third-order valence-corrected chi connectivity index (χ3v) is 5.54. The minimum absolute atomic E-state index is 0.0834. The molecule has 25 heavy (non-hydrogen) atoms. The molecule has 0 unspecified atom stereocenters. The van der Waals surface area contributed by atoms with Gasteiger partial charge in [-0.1, -0.05) is 6.07 Å². The van der Waals surface area contributed by atoms with Gasteiger partial charge in [-0.25, -0.2) is 4.90 Å². The summed E-state index contributed by atoms with van der Waals surface area (Å²) in [5, 5.41) is 12.0. The van der Waals surface area contributed by atoms with Gasteiger partial charge in [0.05, 0.1) is 5.69 Å². The second-order valence-corrected chi connectivity index (χ2v) is 7.16. The van der Waals surface area contributed by atoms with Crippen molar-refractivity contribution in [3.8, 4) is 0 Å². The van der Waals surface area contributed by atoms with Crippen molar-refractivity contribution in [2.24, 2.45) is 0 Å². The minimum atomic E-state index is -0.667. The second kappa shape index (κ2) is 6.37. The van der Waals surface area contributed by atoms with Gasteiger partial charge >= 0.3 is 5.91 Å². The Labute approximate surface area is 149 Å². The second-order valence-electron chi connectivity index (χ2n) is 6.21. The number of piperidine rings is 1. The number of rotatable bonds is 3. The number of benzene rings is 1. The standard InChI is InChI=1S/C19H18N2O3S/c22-17-16(15-5-4-12-25-15)18(23)21(19(17)24)14-8-6-13(7-9-14)20-10-2-1-3-11-20/h4-9,12,22H,1-3,10-11H2. The molecule has 128 valence electrons. The lowest BCUT2D eigenvalue weighted by atomic mass is 10.1. The number of imide groups is 1. The average Bonchev–Trinajstić information content (AvgIpc) is 3.24. The van der Waals surface area contributed by atoms with Crippen molar-refractivity contribution in [1.29, 1.82) is 0 Å². The van der Waals surface area contributed by atoms with Crippen molar-refractivity contribution >= 4 is 40.1 Å². The maximum atomic E-state index is 12.7. The zero-order valence-electron chi connectivity index (χ0n) is 13.6. The number of nitrogens with zero attached hydrogens (tertiary/aromatic N) is 2. The molecule has 1 fully saturated rings. The zero-order chi connectivity index (χ0) is 17.4. The third kappa shape index (κ3) is 2.72. The Morgan fingerprint density at radius 3 is 2.20 bits per heavy atom. The lowest BCUT2D eigenvalue weighted by molar-refractivity contribution is -0.121. The fourth-order valence-corrected chi connectivity index (χ4v) is 4.12. The molecule has 2 amide bonds. The van der Waals surface area contributed by atoms with E-state index in [2.05, 4.69) is 4.90 Å². The molecule has 6 heteroatoms. The molecule has 3 heterocycles. The number of thiophene rings is 1. The van der Waals surface area contributed by atoms with Gasteiger partial charge < -0.3 is 10.0 Å². The quantitative estimate of drug-likeness (QED) is 0.856. The Hall–Kier alpha value is -2.60. The summed E-state index contributed by atoms with van der Waals surface area (Å²) < 4.78 is 0. The van der Waals surface area contributed by atoms with Crippen LogP contribution in [0.4, 0.5) is 11.4 Å². The molecule has 0 aliphatic carbocycles. The molecule has 2 aliphatic rings. The highest BCUT2D eigenvalue weighted by molar-refractivity contribution is 7.11. The summed E-state index contributed by atoms with van der Waals surface area (Å²) >= 11 is 1.32. The highest BCUT2D eigenvalue weighted by Gasteiger charge is 2.40. The summed E-state index contributed by atoms with van der Waals surface area (Å²) in [7, 11) is 0. The molecule has 0 bridgehead atoms. The van der Waals surface area contributed by atoms with Crippen molar-refractivity contribution in [3.05, 3.63) is 52.4 Å². The van der Waals surface area contributed by atoms with E-state index in [1.807, 2.05) is 17.5 Å². The van der Waals surface area contributed by atoms with E-state index in [0.717, 1.165) is 23.7 Å². The van der Waals surface area contributed by atoms with Gasteiger partial charge in [-0.15, -0.1) is 11.3 Å². The summed E-state index contributed by atoms with van der Waals surface area (Å²) in [6.45, 7) is 2.07. The van der Waals surface area contributed by atoms with Gasteiger partial charge in [0.15, 0.2) is 5.76 Å². The molecule has 2 aromatic rings. The van der Waals surface area contributed by atoms with Crippen molar-refractivity contribution in [2.45, 2.75) is 19.3 Å². The van der Waals surface area contributed by atoms with Crippen LogP contribution in [-0.4, -0.2) is 30.0 Å². The fraction of sp³-hybridized carbons (Fsp3) is 0.263. The van der Waals surface area contributed by atoms with E-state index in [4.69, 9.17) is 0 Å². The zero-order valence-corrected chi connectivity index (χ0v) is 14.5. The highest BCUT2D eigenvalue weighted by atomic mass is 32.1. The smallest absolute Gasteiger partial charge is 0.301 e. The monoisotopic (exact) mass is 354 g/mol. The van der Waals surface area contributed by atoms with E-state index in [0.29, 0.717) is 10.6 Å². The predicted octanol–water partition coefficient (Wildman–Crippen LogP) is 3.58. The van der Waals surface area contributed by atoms with Gasteiger partial charge in [0, 0.05) is 23.7 Å². The number of hydrogen-bond donors (Lipinski definition) is 1. The number of anilines is 2. The van der Waals surface area contributed by atoms with Crippen LogP contribution in [-0.2, 0) is 9.59 Å². The predicted molar refractivity (Wildman–Crippen MR) is 98.9 cm³/mol. The maximum absolute atomic E-state index is 12.7. The average molecular weight is 354 g/mol. The summed E-state index contributed by atoms with van der Waals surface area (Å²) in [5.41, 5.74) is 1.66. The normalized spacial score (nSPS) is 18.4. The van der Waals surface area contributed by atoms with E-state index in [1.54, 1.807) is 24.3 Å². The molecule has 2 aliphatic heterocycles. The Balaban J connectivity index is 1.60. The molecular weight excluding hydrogens is 336 g/mol. The van der Waals surface area contributed by atoms with Crippen LogP contribution in [0.15, 0.2) is 47.5 Å². The van der Waals surface area contributed by atoms with Crippen LogP contribution in [0.25, 0.3) is 5.57 Å². The van der Waals surface area contributed by atoms with Crippen molar-refractivity contribution < 1.29 is 14.7 Å². The van der Waals surface area contributed by atoms with Crippen molar-refractivity contribution in [1.82, 2.24) is 0 Å². The van der Waals surface area contributed by atoms with Crippen molar-refractivity contribution in [2.75, 3.05) is 22.9 Å². The number of carbonyl (C=O) groups excluding carboxylic acids is 2. The summed E-state index contributed by atoms with van der Waals surface area (Å²) in [6.07, 6.45) is 3.64. The van der Waals surface area contributed by atoms with Crippen LogP contribution in [0.2, 0.25) is 0 Å². The van der Waals surface area contributed by atoms with E-state index < -0.39 is 17.6 Å². The summed E-state index contributed by atoms with van der Waals surface area (Å²) in [6, 6.07) is 10.9. The number of aliphatic hydroxyl groups excluding tert-OH is 1. The Morgan fingerprint density at radius 2 is 1.56 bits per heavy atom. The third-order valence-electron chi connectivity index (χ3n) is 4.66. The first-order valence-electron chi connectivity index (χ1n) is 8.38. The highest BCUT2D eigenvalue weighted by Crippen LogP contribution is 2.34. The molecular formula is C19H18N2O3S. The van der Waals surface area contributed by atoms with Gasteiger partial charge in [-0.05, 0) is 55.0 Å². The number of carbonyl (C=O) groups is 2. The van der Waals surface area contributed by atoms with Gasteiger partial charge in [-0.3, -0.25) is 9.59 Å². The van der Waals surface area contributed by atoms with Crippen LogP contribution in [0, 0.1) is 0 Å². The molecule has 5 nitrogen and oxygen atoms in total. The Bertz CT molecular complexity index is 834. The van der Waals surface area contributed by atoms with E-state index in [9.17, 15) is 14.7 Å². The van der Waals surface area contributed by atoms with E-state index >= 15 is 0 Å². The first-order chi connectivity index (χ1) is 12.2. The van der Waals surface area contributed by atoms with Crippen LogP contribution < -0.4 is 9.80 Å². The van der Waals surface area contributed by atoms with Crippen LogP contribution in [0.3, 0.4) is 0 Å². The van der Waals surface area contributed by atoms with Gasteiger partial charge in [0.2, 0.25) is 0 Å². The molecule has 1 saturated heterocycles. The Morgan fingerprint density at radius 1 is 0.880 bits per heavy atom. The lowest BCUT2D eigenvalue weighted by Gasteiger charge is -2.29. The summed E-state index contributed by atoms with van der Waals surface area (Å²) in [4.78, 5) is 29.1. The molecule has 1 N–H and O–H groups in total. The number of hydrogen-bond acceptors (Lipinski definition) is 5. The Kier molecular flexibility index (Phi) is 4.05. The van der Waals surface area contributed by atoms with Gasteiger partial charge in [0.1, 0.15) is 5.57 Å². The molecule has 0 spiro atoms. The first-order valence-corrected chi connectivity index (χ1v) is 9.25. The summed E-state index contributed by atoms with van der Waals surface area (Å²) in [5.74, 6) is -1.62. The van der Waals surface area contributed by atoms with Crippen molar-refractivity contribution in [3.63, 3.8) is 0 Å². The molecule has 0 radical (unpaired) electrons. The number of amides is 2. The molecule has 1 aromatic heterocycles. The molecule has 1 aromatic carbocycles. The number of aliphatic hydroxyl groups is 1. The van der Waals surface area contributed by atoms with Gasteiger partial charge in [-0.2, -0.15) is 0 Å². The van der Waals surface area contributed by atoms with Crippen LogP contribution in [0.1, 0.15) is 24.1 Å². The molecule has 4 rings (SSSR count). The van der Waals surface area contributed by atoms with Gasteiger partial charge in [0.25, 0.3) is 5.91 Å². The van der Waals surface area contributed by atoms with E-state index in [-0.39, 0.29) is 5.57 Å². The van der Waals surface area contributed by atoms with E-state index in [1.165, 1.54) is 30.6 Å². The topological polar surface area (TPSA) is 60.9 Å². The largest absolute Gasteiger partial charge is 0.502 e. The first kappa shape index (κ1) is 15.9. The molecule has 0 saturated carbocycles. The maximum Gasteiger partial charge on any atom is 0.301 e.